The van der Waals surface area contributed by atoms with Gasteiger partial charge in [0.2, 0.25) is 5.91 Å². The standard InChI is InChI=1S/C18H26N2O2/c1-20-10-9-14-11-15(7-8-16(14)20)17(21)12-19-18(22)13-5-3-2-4-6-13/h7-8,11,13,17,21H,2-6,9-10,12H2,1H3,(H,19,22). The fourth-order valence-electron chi connectivity index (χ4n) is 3.62. The molecule has 1 fully saturated rings. The Hall–Kier alpha value is -1.55. The van der Waals surface area contributed by atoms with E-state index in [-0.39, 0.29) is 11.8 Å². The molecule has 0 aromatic heterocycles. The molecular weight excluding hydrogens is 276 g/mol. The Morgan fingerprint density at radius 3 is 2.91 bits per heavy atom. The average Bonchev–Trinajstić information content (AvgIpc) is 2.93. The molecule has 4 heteroatoms. The lowest BCUT2D eigenvalue weighted by Crippen LogP contribution is -2.34. The van der Waals surface area contributed by atoms with Gasteiger partial charge in [-0.05, 0) is 36.5 Å². The van der Waals surface area contributed by atoms with Crippen LogP contribution in [-0.2, 0) is 11.2 Å². The van der Waals surface area contributed by atoms with Crippen molar-refractivity contribution in [1.29, 1.82) is 0 Å². The zero-order chi connectivity index (χ0) is 15.5. The van der Waals surface area contributed by atoms with Gasteiger partial charge in [-0.1, -0.05) is 31.4 Å². The molecule has 2 aliphatic rings. The lowest BCUT2D eigenvalue weighted by atomic mass is 9.88. The summed E-state index contributed by atoms with van der Waals surface area (Å²) in [5.41, 5.74) is 3.44. The number of aliphatic hydroxyl groups is 1. The van der Waals surface area contributed by atoms with Gasteiger partial charge in [-0.3, -0.25) is 4.79 Å². The first-order valence-electron chi connectivity index (χ1n) is 8.45. The molecule has 0 saturated heterocycles. The van der Waals surface area contributed by atoms with Crippen LogP contribution in [0.15, 0.2) is 18.2 Å². The second kappa shape index (κ2) is 6.69. The van der Waals surface area contributed by atoms with E-state index in [1.165, 1.54) is 17.7 Å². The van der Waals surface area contributed by atoms with Gasteiger partial charge in [0.25, 0.3) is 0 Å². The van der Waals surface area contributed by atoms with Crippen molar-refractivity contribution in [2.75, 3.05) is 25.0 Å². The molecule has 120 valence electrons. The third kappa shape index (κ3) is 3.27. The summed E-state index contributed by atoms with van der Waals surface area (Å²) in [5.74, 6) is 0.259. The van der Waals surface area contributed by atoms with E-state index >= 15 is 0 Å². The fourth-order valence-corrected chi connectivity index (χ4v) is 3.62. The van der Waals surface area contributed by atoms with Crippen molar-refractivity contribution >= 4 is 11.6 Å². The molecule has 0 spiro atoms. The fraction of sp³-hybridized carbons (Fsp3) is 0.611. The number of nitrogens with one attached hydrogen (secondary N) is 1. The molecule has 1 aliphatic carbocycles. The van der Waals surface area contributed by atoms with Crippen LogP contribution in [0.2, 0.25) is 0 Å². The molecule has 0 radical (unpaired) electrons. The Morgan fingerprint density at radius 2 is 2.14 bits per heavy atom. The zero-order valence-electron chi connectivity index (χ0n) is 13.3. The molecule has 1 aliphatic heterocycles. The van der Waals surface area contributed by atoms with E-state index in [9.17, 15) is 9.90 Å². The molecule has 2 N–H and O–H groups in total. The summed E-state index contributed by atoms with van der Waals surface area (Å²) in [4.78, 5) is 14.4. The van der Waals surface area contributed by atoms with Crippen LogP contribution in [0.25, 0.3) is 0 Å². The van der Waals surface area contributed by atoms with Gasteiger partial charge in [0, 0.05) is 31.7 Å². The highest BCUT2D eigenvalue weighted by molar-refractivity contribution is 5.78. The minimum Gasteiger partial charge on any atom is -0.387 e. The van der Waals surface area contributed by atoms with E-state index in [0.29, 0.717) is 6.54 Å². The molecule has 1 amide bonds. The van der Waals surface area contributed by atoms with Crippen molar-refractivity contribution in [2.24, 2.45) is 5.92 Å². The van der Waals surface area contributed by atoms with Gasteiger partial charge in [-0.25, -0.2) is 0 Å². The number of fused-ring (bicyclic) bond motifs is 1. The summed E-state index contributed by atoms with van der Waals surface area (Å²) in [7, 11) is 2.09. The third-order valence-electron chi connectivity index (χ3n) is 5.06. The molecule has 1 unspecified atom stereocenters. The number of carbonyl (C=O) groups excluding carboxylic acids is 1. The van der Waals surface area contributed by atoms with Crippen LogP contribution in [0.3, 0.4) is 0 Å². The Balaban J connectivity index is 1.55. The van der Waals surface area contributed by atoms with Crippen molar-refractivity contribution in [3.05, 3.63) is 29.3 Å². The van der Waals surface area contributed by atoms with Crippen LogP contribution in [-0.4, -0.2) is 31.2 Å². The number of nitrogens with zero attached hydrogens (tertiary/aromatic N) is 1. The maximum atomic E-state index is 12.1. The van der Waals surface area contributed by atoms with Crippen molar-refractivity contribution in [2.45, 2.75) is 44.6 Å². The molecule has 0 bridgehead atoms. The smallest absolute Gasteiger partial charge is 0.223 e. The van der Waals surface area contributed by atoms with Crippen LogP contribution in [0.4, 0.5) is 5.69 Å². The van der Waals surface area contributed by atoms with E-state index in [4.69, 9.17) is 0 Å². The number of hydrogen-bond donors (Lipinski definition) is 2. The summed E-state index contributed by atoms with van der Waals surface area (Å²) in [6.45, 7) is 1.34. The highest BCUT2D eigenvalue weighted by Crippen LogP contribution is 2.29. The first kappa shape index (κ1) is 15.3. The number of likely N-dealkylation sites (N-methyl/N-ethyl adjacent to an activating group) is 1. The van der Waals surface area contributed by atoms with Gasteiger partial charge in [0.15, 0.2) is 0 Å². The number of benzene rings is 1. The zero-order valence-corrected chi connectivity index (χ0v) is 13.3. The number of carbonyl (C=O) groups is 1. The predicted molar refractivity (Wildman–Crippen MR) is 88.0 cm³/mol. The lowest BCUT2D eigenvalue weighted by Gasteiger charge is -2.22. The Kier molecular flexibility index (Phi) is 4.67. The quantitative estimate of drug-likeness (QED) is 0.898. The molecule has 1 heterocycles. The maximum Gasteiger partial charge on any atom is 0.223 e. The molecule has 3 rings (SSSR count). The summed E-state index contributed by atoms with van der Waals surface area (Å²) in [5, 5.41) is 13.3. The molecule has 1 aromatic rings. The van der Waals surface area contributed by atoms with Gasteiger partial charge in [0.1, 0.15) is 0 Å². The molecule has 1 aromatic carbocycles. The highest BCUT2D eigenvalue weighted by Gasteiger charge is 2.22. The van der Waals surface area contributed by atoms with E-state index < -0.39 is 6.10 Å². The first-order valence-corrected chi connectivity index (χ1v) is 8.45. The lowest BCUT2D eigenvalue weighted by molar-refractivity contribution is -0.126. The SMILES string of the molecule is CN1CCc2cc(C(O)CNC(=O)C3CCCCC3)ccc21. The topological polar surface area (TPSA) is 52.6 Å². The number of rotatable bonds is 4. The predicted octanol–water partition coefficient (Wildman–Crippen LogP) is 2.41. The highest BCUT2D eigenvalue weighted by atomic mass is 16.3. The van der Waals surface area contributed by atoms with Gasteiger partial charge in [0.05, 0.1) is 6.10 Å². The van der Waals surface area contributed by atoms with Crippen LogP contribution in [0.1, 0.15) is 49.3 Å². The van der Waals surface area contributed by atoms with E-state index in [0.717, 1.165) is 44.2 Å². The molecule has 1 saturated carbocycles. The molecule has 22 heavy (non-hydrogen) atoms. The number of aliphatic hydroxyl groups excluding tert-OH is 1. The maximum absolute atomic E-state index is 12.1. The van der Waals surface area contributed by atoms with Crippen LogP contribution in [0.5, 0.6) is 0 Å². The number of anilines is 1. The number of hydrogen-bond acceptors (Lipinski definition) is 3. The van der Waals surface area contributed by atoms with Crippen LogP contribution in [0, 0.1) is 5.92 Å². The summed E-state index contributed by atoms with van der Waals surface area (Å²) >= 11 is 0. The van der Waals surface area contributed by atoms with Gasteiger partial charge in [-0.2, -0.15) is 0 Å². The van der Waals surface area contributed by atoms with Crippen molar-refractivity contribution in [1.82, 2.24) is 5.32 Å². The van der Waals surface area contributed by atoms with E-state index in [2.05, 4.69) is 29.4 Å². The second-order valence-corrected chi connectivity index (χ2v) is 6.66. The number of amides is 1. The Bertz CT molecular complexity index is 538. The minimum absolute atomic E-state index is 0.111. The minimum atomic E-state index is -0.622. The first-order chi connectivity index (χ1) is 10.6. The summed E-state index contributed by atoms with van der Waals surface area (Å²) in [6, 6.07) is 6.12. The largest absolute Gasteiger partial charge is 0.387 e. The van der Waals surface area contributed by atoms with Crippen molar-refractivity contribution in [3.63, 3.8) is 0 Å². The molecular formula is C18H26N2O2. The van der Waals surface area contributed by atoms with Gasteiger partial charge < -0.3 is 15.3 Å². The normalized spacial score (nSPS) is 19.8. The summed E-state index contributed by atoms with van der Waals surface area (Å²) < 4.78 is 0. The molecule has 4 nitrogen and oxygen atoms in total. The van der Waals surface area contributed by atoms with Crippen LogP contribution < -0.4 is 10.2 Å². The third-order valence-corrected chi connectivity index (χ3v) is 5.06. The van der Waals surface area contributed by atoms with E-state index in [1.54, 1.807) is 0 Å². The van der Waals surface area contributed by atoms with Crippen molar-refractivity contribution < 1.29 is 9.90 Å². The average molecular weight is 302 g/mol. The Morgan fingerprint density at radius 1 is 1.36 bits per heavy atom. The van der Waals surface area contributed by atoms with Crippen molar-refractivity contribution in [3.8, 4) is 0 Å². The second-order valence-electron chi connectivity index (χ2n) is 6.66. The van der Waals surface area contributed by atoms with Crippen LogP contribution >= 0.6 is 0 Å². The summed E-state index contributed by atoms with van der Waals surface area (Å²) in [6.07, 6.45) is 5.94. The van der Waals surface area contributed by atoms with E-state index in [1.807, 2.05) is 6.07 Å². The van der Waals surface area contributed by atoms with Gasteiger partial charge in [-0.15, -0.1) is 0 Å². The molecule has 1 atom stereocenters. The monoisotopic (exact) mass is 302 g/mol. The Labute approximate surface area is 132 Å². The van der Waals surface area contributed by atoms with Gasteiger partial charge >= 0.3 is 0 Å².